The van der Waals surface area contributed by atoms with Gasteiger partial charge in [-0.25, -0.2) is 0 Å². The molecule has 0 bridgehead atoms. The zero-order valence-electron chi connectivity index (χ0n) is 9.70. The molecule has 0 radical (unpaired) electrons. The second kappa shape index (κ2) is 6.06. The number of nitrogens with one attached hydrogen (secondary N) is 1. The highest BCUT2D eigenvalue weighted by Gasteiger charge is 2.12. The molecule has 0 saturated carbocycles. The molecule has 88 valence electrons. The van der Waals surface area contributed by atoms with E-state index in [-0.39, 0.29) is 6.04 Å². The van der Waals surface area contributed by atoms with Crippen LogP contribution in [0.1, 0.15) is 31.9 Å². The Hall–Kier alpha value is -0.800. The van der Waals surface area contributed by atoms with Gasteiger partial charge in [-0.1, -0.05) is 28.1 Å². The second-order valence-corrected chi connectivity index (χ2v) is 4.93. The van der Waals surface area contributed by atoms with E-state index in [4.69, 9.17) is 0 Å². The Morgan fingerprint density at radius 2 is 2.19 bits per heavy atom. The molecule has 3 heteroatoms. The molecule has 0 saturated heterocycles. The first-order valence-electron chi connectivity index (χ1n) is 5.40. The second-order valence-electron chi connectivity index (χ2n) is 4.02. The van der Waals surface area contributed by atoms with Crippen molar-refractivity contribution in [2.24, 2.45) is 0 Å². The average molecular weight is 284 g/mol. The molecule has 1 aromatic carbocycles. The molecule has 0 aliphatic heterocycles. The highest BCUT2D eigenvalue weighted by Crippen LogP contribution is 2.27. The molecule has 0 heterocycles. The molecule has 1 aromatic rings. The van der Waals surface area contributed by atoms with Crippen LogP contribution in [0.25, 0.3) is 0 Å². The number of aromatic hydroxyl groups is 1. The van der Waals surface area contributed by atoms with Crippen LogP contribution in [0.2, 0.25) is 0 Å². The molecule has 0 aromatic heterocycles. The largest absolute Gasteiger partial charge is 0.508 e. The van der Waals surface area contributed by atoms with Crippen molar-refractivity contribution in [2.45, 2.75) is 32.4 Å². The summed E-state index contributed by atoms with van der Waals surface area (Å²) in [6, 6.07) is 6.06. The first-order valence-corrected chi connectivity index (χ1v) is 6.19. The topological polar surface area (TPSA) is 32.3 Å². The molecule has 16 heavy (non-hydrogen) atoms. The van der Waals surface area contributed by atoms with Gasteiger partial charge >= 0.3 is 0 Å². The van der Waals surface area contributed by atoms with Gasteiger partial charge in [0.15, 0.2) is 0 Å². The minimum Gasteiger partial charge on any atom is -0.508 e. The lowest BCUT2D eigenvalue weighted by Crippen LogP contribution is -2.28. The first-order chi connectivity index (χ1) is 7.54. The summed E-state index contributed by atoms with van der Waals surface area (Å²) in [6.45, 7) is 7.86. The number of halogens is 1. The lowest BCUT2D eigenvalue weighted by Gasteiger charge is -2.20. The number of rotatable bonds is 5. The lowest BCUT2D eigenvalue weighted by atomic mass is 10.1. The van der Waals surface area contributed by atoms with Gasteiger partial charge in [0.05, 0.1) is 0 Å². The van der Waals surface area contributed by atoms with Gasteiger partial charge in [-0.15, -0.1) is 6.58 Å². The summed E-state index contributed by atoms with van der Waals surface area (Å²) in [5, 5.41) is 13.2. The van der Waals surface area contributed by atoms with E-state index in [1.54, 1.807) is 6.07 Å². The molecule has 0 amide bonds. The Bertz CT molecular complexity index is 365. The zero-order chi connectivity index (χ0) is 12.1. The summed E-state index contributed by atoms with van der Waals surface area (Å²) in [5.74, 6) is 0.320. The third-order valence-corrected chi connectivity index (χ3v) is 3.01. The van der Waals surface area contributed by atoms with E-state index >= 15 is 0 Å². The van der Waals surface area contributed by atoms with Crippen molar-refractivity contribution in [1.29, 1.82) is 0 Å². The molecule has 0 aliphatic rings. The Morgan fingerprint density at radius 1 is 1.50 bits per heavy atom. The smallest absolute Gasteiger partial charge is 0.121 e. The summed E-state index contributed by atoms with van der Waals surface area (Å²) < 4.78 is 0.889. The van der Waals surface area contributed by atoms with E-state index in [1.807, 2.05) is 25.1 Å². The fourth-order valence-electron chi connectivity index (χ4n) is 1.72. The maximum Gasteiger partial charge on any atom is 0.121 e. The fraction of sp³-hybridized carbons (Fsp3) is 0.385. The van der Waals surface area contributed by atoms with Gasteiger partial charge in [0, 0.05) is 22.1 Å². The van der Waals surface area contributed by atoms with Crippen molar-refractivity contribution in [3.8, 4) is 5.75 Å². The van der Waals surface area contributed by atoms with Gasteiger partial charge in [-0.2, -0.15) is 0 Å². The highest BCUT2D eigenvalue weighted by atomic mass is 79.9. The third-order valence-electron chi connectivity index (χ3n) is 2.51. The highest BCUT2D eigenvalue weighted by molar-refractivity contribution is 9.10. The van der Waals surface area contributed by atoms with E-state index in [0.717, 1.165) is 16.5 Å². The van der Waals surface area contributed by atoms with E-state index in [2.05, 4.69) is 34.7 Å². The summed E-state index contributed by atoms with van der Waals surface area (Å²) in [6.07, 6.45) is 2.81. The molecule has 0 fully saturated rings. The first kappa shape index (κ1) is 13.3. The van der Waals surface area contributed by atoms with Gasteiger partial charge in [0.25, 0.3) is 0 Å². The Morgan fingerprint density at radius 3 is 2.75 bits per heavy atom. The number of phenolic OH excluding ortho intramolecular Hbond substituents is 1. The predicted molar refractivity (Wildman–Crippen MR) is 71.6 cm³/mol. The zero-order valence-corrected chi connectivity index (χ0v) is 11.3. The quantitative estimate of drug-likeness (QED) is 0.807. The molecule has 0 spiro atoms. The van der Waals surface area contributed by atoms with Gasteiger partial charge in [-0.05, 0) is 32.4 Å². The number of benzene rings is 1. The number of hydrogen-bond donors (Lipinski definition) is 2. The van der Waals surface area contributed by atoms with E-state index in [9.17, 15) is 5.11 Å². The normalized spacial score (nSPS) is 14.4. The molecular weight excluding hydrogens is 266 g/mol. The molecule has 1 rings (SSSR count). The van der Waals surface area contributed by atoms with Gasteiger partial charge in [-0.3, -0.25) is 0 Å². The van der Waals surface area contributed by atoms with Crippen molar-refractivity contribution in [2.75, 3.05) is 0 Å². The summed E-state index contributed by atoms with van der Waals surface area (Å²) in [5.41, 5.74) is 0.916. The molecule has 2 unspecified atom stereocenters. The van der Waals surface area contributed by atoms with Crippen LogP contribution >= 0.6 is 15.9 Å². The molecule has 0 aliphatic carbocycles. The van der Waals surface area contributed by atoms with Crippen LogP contribution < -0.4 is 5.32 Å². The molecular formula is C13H18BrNO. The minimum absolute atomic E-state index is 0.128. The van der Waals surface area contributed by atoms with E-state index in [0.29, 0.717) is 11.8 Å². The van der Waals surface area contributed by atoms with Crippen LogP contribution in [0, 0.1) is 0 Å². The summed E-state index contributed by atoms with van der Waals surface area (Å²) >= 11 is 3.33. The van der Waals surface area contributed by atoms with Crippen LogP contribution in [0.4, 0.5) is 0 Å². The van der Waals surface area contributed by atoms with Crippen molar-refractivity contribution < 1.29 is 5.11 Å². The monoisotopic (exact) mass is 283 g/mol. The predicted octanol–water partition coefficient (Wildman–Crippen LogP) is 3.77. The van der Waals surface area contributed by atoms with Gasteiger partial charge in [0.1, 0.15) is 5.75 Å². The van der Waals surface area contributed by atoms with Crippen molar-refractivity contribution in [1.82, 2.24) is 5.32 Å². The van der Waals surface area contributed by atoms with Crippen molar-refractivity contribution in [3.05, 3.63) is 40.9 Å². The van der Waals surface area contributed by atoms with E-state index < -0.39 is 0 Å². The van der Waals surface area contributed by atoms with Gasteiger partial charge < -0.3 is 10.4 Å². The maximum absolute atomic E-state index is 9.81. The lowest BCUT2D eigenvalue weighted by molar-refractivity contribution is 0.435. The van der Waals surface area contributed by atoms with Crippen LogP contribution in [-0.4, -0.2) is 11.1 Å². The molecule has 2 atom stereocenters. The Kier molecular flexibility index (Phi) is 5.03. The van der Waals surface area contributed by atoms with Crippen LogP contribution in [0.3, 0.4) is 0 Å². The SMILES string of the molecule is C=CCC(C)NC(C)c1ccc(Br)cc1O. The van der Waals surface area contributed by atoms with Crippen LogP contribution in [0.5, 0.6) is 5.75 Å². The fourth-order valence-corrected chi connectivity index (χ4v) is 2.07. The van der Waals surface area contributed by atoms with Crippen LogP contribution in [0.15, 0.2) is 35.3 Å². The maximum atomic E-state index is 9.81. The Labute approximate surface area is 106 Å². The third kappa shape index (κ3) is 3.65. The summed E-state index contributed by atoms with van der Waals surface area (Å²) in [4.78, 5) is 0. The van der Waals surface area contributed by atoms with Gasteiger partial charge in [0.2, 0.25) is 0 Å². The minimum atomic E-state index is 0.128. The van der Waals surface area contributed by atoms with Crippen molar-refractivity contribution >= 4 is 15.9 Å². The Balaban J connectivity index is 2.72. The summed E-state index contributed by atoms with van der Waals surface area (Å²) in [7, 11) is 0. The van der Waals surface area contributed by atoms with E-state index in [1.165, 1.54) is 0 Å². The number of phenols is 1. The molecule has 2 nitrogen and oxygen atoms in total. The molecule has 2 N–H and O–H groups in total. The number of hydrogen-bond acceptors (Lipinski definition) is 2. The van der Waals surface area contributed by atoms with Crippen molar-refractivity contribution in [3.63, 3.8) is 0 Å². The van der Waals surface area contributed by atoms with Crippen LogP contribution in [-0.2, 0) is 0 Å². The standard InChI is InChI=1S/C13H18BrNO/c1-4-5-9(2)15-10(3)12-7-6-11(14)8-13(12)16/h4,6-10,15-16H,1,5H2,2-3H3. The average Bonchev–Trinajstić information content (AvgIpc) is 2.17.